The maximum Gasteiger partial charge on any atom is 0.186 e. The molecule has 2 fully saturated rings. The molecule has 16 heavy (non-hydrogen) atoms. The summed E-state index contributed by atoms with van der Waals surface area (Å²) in [5.74, 6) is -0.818. The lowest BCUT2D eigenvalue weighted by Crippen LogP contribution is -2.57. The Labute approximate surface area is 93.4 Å². The van der Waals surface area contributed by atoms with Gasteiger partial charge in [-0.2, -0.15) is 0 Å². The number of alkyl halides is 1. The van der Waals surface area contributed by atoms with E-state index >= 15 is 0 Å². The molecule has 0 unspecified atom stereocenters. The number of hydrogen-bond acceptors (Lipinski definition) is 5. The lowest BCUT2D eigenvalue weighted by molar-refractivity contribution is -0.268. The van der Waals surface area contributed by atoms with Crippen LogP contribution >= 0.6 is 0 Å². The maximum absolute atomic E-state index is 12.7. The summed E-state index contributed by atoms with van der Waals surface area (Å²) in [6.45, 7) is 2.68. The fraction of sp³-hybridized carbons (Fsp3) is 1.00. The normalized spacial score (nSPS) is 46.7. The number of rotatable bonds is 2. The molecule has 5 nitrogen and oxygen atoms in total. The topological polar surface area (TPSA) is 57.2 Å². The van der Waals surface area contributed by atoms with Crippen LogP contribution in [0.3, 0.4) is 0 Å². The summed E-state index contributed by atoms with van der Waals surface area (Å²) in [6.07, 6.45) is -3.82. The average Bonchev–Trinajstić information content (AvgIpc) is 2.55. The van der Waals surface area contributed by atoms with E-state index in [1.807, 2.05) is 0 Å². The Bertz CT molecular complexity index is 260. The Hall–Kier alpha value is -0.270. The quantitative estimate of drug-likeness (QED) is 0.742. The van der Waals surface area contributed by atoms with Gasteiger partial charge in [-0.05, 0) is 13.8 Å². The van der Waals surface area contributed by atoms with E-state index < -0.39 is 43.2 Å². The van der Waals surface area contributed by atoms with Gasteiger partial charge in [0, 0.05) is 7.11 Å². The Morgan fingerprint density at radius 2 is 1.94 bits per heavy atom. The molecule has 2 aliphatic rings. The minimum absolute atomic E-state index is 0.530. The average molecular weight is 236 g/mol. The van der Waals surface area contributed by atoms with Crippen LogP contribution in [0, 0.1) is 0 Å². The van der Waals surface area contributed by atoms with Gasteiger partial charge in [0.1, 0.15) is 31.1 Å². The first-order valence-electron chi connectivity index (χ1n) is 5.26. The van der Waals surface area contributed by atoms with Crippen molar-refractivity contribution in [3.8, 4) is 0 Å². The number of methoxy groups -OCH3 is 1. The number of ether oxygens (including phenoxy) is 4. The van der Waals surface area contributed by atoms with Crippen LogP contribution in [0.1, 0.15) is 13.8 Å². The van der Waals surface area contributed by atoms with Crippen molar-refractivity contribution < 1.29 is 28.4 Å². The van der Waals surface area contributed by atoms with Gasteiger partial charge in [0.05, 0.1) is 0 Å². The van der Waals surface area contributed by atoms with E-state index in [2.05, 4.69) is 0 Å². The third-order valence-corrected chi connectivity index (χ3v) is 2.84. The first-order chi connectivity index (χ1) is 7.48. The minimum atomic E-state index is -1.04. The van der Waals surface area contributed by atoms with Crippen LogP contribution in [-0.2, 0) is 18.9 Å². The van der Waals surface area contributed by atoms with Crippen LogP contribution in [0.4, 0.5) is 4.39 Å². The van der Waals surface area contributed by atoms with E-state index in [4.69, 9.17) is 18.9 Å². The zero-order chi connectivity index (χ0) is 11.9. The van der Waals surface area contributed by atoms with Crippen LogP contribution in [-0.4, -0.2) is 55.4 Å². The molecule has 0 aromatic carbocycles. The van der Waals surface area contributed by atoms with Gasteiger partial charge >= 0.3 is 0 Å². The second-order valence-corrected chi connectivity index (χ2v) is 4.49. The molecule has 2 saturated heterocycles. The molecule has 2 heterocycles. The van der Waals surface area contributed by atoms with Crippen LogP contribution in [0.15, 0.2) is 0 Å². The molecule has 0 aliphatic carbocycles. The Kier molecular flexibility index (Phi) is 3.20. The van der Waals surface area contributed by atoms with Gasteiger partial charge in [0.2, 0.25) is 0 Å². The second kappa shape index (κ2) is 4.19. The van der Waals surface area contributed by atoms with E-state index in [0.717, 1.165) is 0 Å². The zero-order valence-corrected chi connectivity index (χ0v) is 9.55. The molecular weight excluding hydrogens is 219 g/mol. The van der Waals surface area contributed by atoms with Crippen LogP contribution in [0.2, 0.25) is 0 Å². The van der Waals surface area contributed by atoms with Gasteiger partial charge in [0.15, 0.2) is 12.1 Å². The largest absolute Gasteiger partial charge is 0.387 e. The molecule has 1 N–H and O–H groups in total. The number of aliphatic hydroxyl groups excluding tert-OH is 1. The van der Waals surface area contributed by atoms with E-state index in [-0.39, 0.29) is 0 Å². The summed E-state index contributed by atoms with van der Waals surface area (Å²) in [5, 5.41) is 9.86. The summed E-state index contributed by atoms with van der Waals surface area (Å²) in [4.78, 5) is 0. The SMILES string of the molecule is CO[C@H]1O[C@H](CF)[C@@H](O)[C@@H]2OC(C)(C)O[C@H]12. The highest BCUT2D eigenvalue weighted by Crippen LogP contribution is 2.37. The van der Waals surface area contributed by atoms with E-state index in [1.165, 1.54) is 7.11 Å². The minimum Gasteiger partial charge on any atom is -0.387 e. The summed E-state index contributed by atoms with van der Waals surface area (Å²) >= 11 is 0. The number of halogens is 1. The highest BCUT2D eigenvalue weighted by atomic mass is 19.1. The first-order valence-corrected chi connectivity index (χ1v) is 5.26. The molecule has 2 aliphatic heterocycles. The third-order valence-electron chi connectivity index (χ3n) is 2.84. The van der Waals surface area contributed by atoms with E-state index in [1.54, 1.807) is 13.8 Å². The molecular formula is C10H17FO5. The van der Waals surface area contributed by atoms with Crippen molar-refractivity contribution in [2.75, 3.05) is 13.8 Å². The molecule has 0 aromatic heterocycles. The van der Waals surface area contributed by atoms with E-state index in [0.29, 0.717) is 0 Å². The molecule has 0 spiro atoms. The van der Waals surface area contributed by atoms with Gasteiger partial charge in [-0.25, -0.2) is 4.39 Å². The van der Waals surface area contributed by atoms with Crippen molar-refractivity contribution >= 4 is 0 Å². The Morgan fingerprint density at radius 1 is 1.31 bits per heavy atom. The van der Waals surface area contributed by atoms with Gasteiger partial charge in [-0.1, -0.05) is 0 Å². The first kappa shape index (κ1) is 12.2. The monoisotopic (exact) mass is 236 g/mol. The molecule has 0 saturated carbocycles. The molecule has 6 heteroatoms. The number of aliphatic hydroxyl groups is 1. The second-order valence-electron chi connectivity index (χ2n) is 4.49. The van der Waals surface area contributed by atoms with Crippen molar-refractivity contribution in [3.05, 3.63) is 0 Å². The zero-order valence-electron chi connectivity index (χ0n) is 9.55. The molecule has 94 valence electrons. The Balaban J connectivity index is 2.18. The molecule has 5 atom stereocenters. The van der Waals surface area contributed by atoms with Crippen LogP contribution < -0.4 is 0 Å². The summed E-state index contributed by atoms with van der Waals surface area (Å²) in [6, 6.07) is 0. The van der Waals surface area contributed by atoms with Crippen molar-refractivity contribution in [2.24, 2.45) is 0 Å². The van der Waals surface area contributed by atoms with Gasteiger partial charge in [-0.15, -0.1) is 0 Å². The number of hydrogen-bond donors (Lipinski definition) is 1. The molecule has 0 radical (unpaired) electrons. The molecule has 0 aromatic rings. The van der Waals surface area contributed by atoms with E-state index in [9.17, 15) is 9.50 Å². The standard InChI is InChI=1S/C10H17FO5/c1-10(2)15-7-6(12)5(4-11)14-9(13-3)8(7)16-10/h5-9,12H,4H2,1-3H3/t5-,6-,7+,8+,9+/m1/s1. The number of fused-ring (bicyclic) bond motifs is 1. The maximum atomic E-state index is 12.7. The lowest BCUT2D eigenvalue weighted by Gasteiger charge is -2.38. The summed E-state index contributed by atoms with van der Waals surface area (Å²) in [5.41, 5.74) is 0. The fourth-order valence-electron chi connectivity index (χ4n) is 2.15. The van der Waals surface area contributed by atoms with Gasteiger partial charge in [-0.3, -0.25) is 0 Å². The third kappa shape index (κ3) is 1.96. The predicted molar refractivity (Wildman–Crippen MR) is 51.5 cm³/mol. The molecule has 0 bridgehead atoms. The van der Waals surface area contributed by atoms with Crippen LogP contribution in [0.5, 0.6) is 0 Å². The van der Waals surface area contributed by atoms with Crippen LogP contribution in [0.25, 0.3) is 0 Å². The van der Waals surface area contributed by atoms with Crippen molar-refractivity contribution in [2.45, 2.75) is 50.3 Å². The van der Waals surface area contributed by atoms with Crippen molar-refractivity contribution in [3.63, 3.8) is 0 Å². The summed E-state index contributed by atoms with van der Waals surface area (Å²) < 4.78 is 34.1. The van der Waals surface area contributed by atoms with Gasteiger partial charge < -0.3 is 24.1 Å². The fourth-order valence-corrected chi connectivity index (χ4v) is 2.15. The molecule has 2 rings (SSSR count). The summed E-state index contributed by atoms with van der Waals surface area (Å²) in [7, 11) is 1.45. The smallest absolute Gasteiger partial charge is 0.186 e. The van der Waals surface area contributed by atoms with Crippen molar-refractivity contribution in [1.82, 2.24) is 0 Å². The molecule has 0 amide bonds. The predicted octanol–water partition coefficient (Wildman–Crippen LogP) is 0.208. The Morgan fingerprint density at radius 3 is 2.50 bits per heavy atom. The lowest BCUT2D eigenvalue weighted by atomic mass is 10.00. The van der Waals surface area contributed by atoms with Crippen molar-refractivity contribution in [1.29, 1.82) is 0 Å². The highest BCUT2D eigenvalue weighted by Gasteiger charge is 2.55. The highest BCUT2D eigenvalue weighted by molar-refractivity contribution is 4.95. The van der Waals surface area contributed by atoms with Gasteiger partial charge in [0.25, 0.3) is 0 Å².